The minimum absolute atomic E-state index is 0.525. The van der Waals surface area contributed by atoms with Gasteiger partial charge in [-0.15, -0.1) is 0 Å². The van der Waals surface area contributed by atoms with Crippen molar-refractivity contribution >= 4 is 5.69 Å². The molecule has 1 unspecified atom stereocenters. The summed E-state index contributed by atoms with van der Waals surface area (Å²) in [6, 6.07) is 3.81. The molecule has 5 heteroatoms. The first-order chi connectivity index (χ1) is 8.56. The molecule has 1 N–H and O–H groups in total. The lowest BCUT2D eigenvalue weighted by molar-refractivity contribution is 0.194. The highest BCUT2D eigenvalue weighted by atomic mass is 16.3. The minimum Gasteiger partial charge on any atom is -0.387 e. The van der Waals surface area contributed by atoms with Gasteiger partial charge in [0, 0.05) is 32.4 Å². The molecule has 0 radical (unpaired) electrons. The Morgan fingerprint density at radius 3 is 2.67 bits per heavy atom. The van der Waals surface area contributed by atoms with Crippen LogP contribution in [0.3, 0.4) is 0 Å². The van der Waals surface area contributed by atoms with Crippen LogP contribution in [0.2, 0.25) is 0 Å². The van der Waals surface area contributed by atoms with Crippen LogP contribution in [-0.2, 0) is 13.6 Å². The van der Waals surface area contributed by atoms with Gasteiger partial charge in [-0.2, -0.15) is 5.10 Å². The Morgan fingerprint density at radius 2 is 2.17 bits per heavy atom. The van der Waals surface area contributed by atoms with Gasteiger partial charge in [-0.1, -0.05) is 0 Å². The summed E-state index contributed by atoms with van der Waals surface area (Å²) < 4.78 is 1.79. The van der Waals surface area contributed by atoms with E-state index in [2.05, 4.69) is 15.0 Å². The van der Waals surface area contributed by atoms with Crippen LogP contribution in [0.15, 0.2) is 30.7 Å². The molecule has 0 aliphatic carbocycles. The zero-order valence-corrected chi connectivity index (χ0v) is 10.9. The summed E-state index contributed by atoms with van der Waals surface area (Å²) in [5, 5.41) is 13.5. The third-order valence-corrected chi connectivity index (χ3v) is 2.82. The molecule has 0 amide bonds. The SMILES string of the molecule is CC(O)c1ccc(N(C)Cc2cnn(C)c2)cn1. The molecule has 0 saturated carbocycles. The van der Waals surface area contributed by atoms with E-state index in [1.54, 1.807) is 17.8 Å². The molecule has 0 bridgehead atoms. The van der Waals surface area contributed by atoms with Crippen LogP contribution in [0.5, 0.6) is 0 Å². The van der Waals surface area contributed by atoms with E-state index in [-0.39, 0.29) is 0 Å². The van der Waals surface area contributed by atoms with E-state index in [0.717, 1.165) is 17.8 Å². The van der Waals surface area contributed by atoms with Crippen molar-refractivity contribution in [3.8, 4) is 0 Å². The number of aliphatic hydroxyl groups excluding tert-OH is 1. The summed E-state index contributed by atoms with van der Waals surface area (Å²) in [5.41, 5.74) is 2.86. The largest absolute Gasteiger partial charge is 0.387 e. The first-order valence-corrected chi connectivity index (χ1v) is 5.89. The molecule has 2 aromatic heterocycles. The van der Waals surface area contributed by atoms with Gasteiger partial charge < -0.3 is 10.0 Å². The maximum absolute atomic E-state index is 9.40. The second-order valence-electron chi connectivity index (χ2n) is 4.50. The van der Waals surface area contributed by atoms with E-state index in [1.165, 1.54) is 0 Å². The van der Waals surface area contributed by atoms with Crippen molar-refractivity contribution in [2.75, 3.05) is 11.9 Å². The highest BCUT2D eigenvalue weighted by Gasteiger charge is 2.06. The van der Waals surface area contributed by atoms with Gasteiger partial charge in [0.15, 0.2) is 0 Å². The summed E-state index contributed by atoms with van der Waals surface area (Å²) in [5.74, 6) is 0. The van der Waals surface area contributed by atoms with Crippen LogP contribution in [0.4, 0.5) is 5.69 Å². The fraction of sp³-hybridized carbons (Fsp3) is 0.385. The molecule has 1 atom stereocenters. The standard InChI is InChI=1S/C13H18N4O/c1-10(18)13-5-4-12(7-14-13)16(2)8-11-6-15-17(3)9-11/h4-7,9-10,18H,8H2,1-3H3. The fourth-order valence-electron chi connectivity index (χ4n) is 1.79. The van der Waals surface area contributed by atoms with Gasteiger partial charge in [-0.25, -0.2) is 0 Å². The monoisotopic (exact) mass is 246 g/mol. The van der Waals surface area contributed by atoms with Gasteiger partial charge >= 0.3 is 0 Å². The number of anilines is 1. The summed E-state index contributed by atoms with van der Waals surface area (Å²) >= 11 is 0. The number of hydrogen-bond acceptors (Lipinski definition) is 4. The van der Waals surface area contributed by atoms with Crippen molar-refractivity contribution in [2.24, 2.45) is 7.05 Å². The maximum Gasteiger partial charge on any atom is 0.0931 e. The van der Waals surface area contributed by atoms with E-state index in [1.807, 2.05) is 38.6 Å². The molecular weight excluding hydrogens is 228 g/mol. The normalized spacial score (nSPS) is 12.4. The molecule has 0 saturated heterocycles. The number of rotatable bonds is 4. The number of pyridine rings is 1. The highest BCUT2D eigenvalue weighted by molar-refractivity contribution is 5.44. The Bertz CT molecular complexity index is 504. The van der Waals surface area contributed by atoms with Gasteiger partial charge in [0.05, 0.1) is 29.9 Å². The van der Waals surface area contributed by atoms with Crippen molar-refractivity contribution in [3.05, 3.63) is 42.0 Å². The molecule has 5 nitrogen and oxygen atoms in total. The van der Waals surface area contributed by atoms with E-state index in [9.17, 15) is 5.11 Å². The van der Waals surface area contributed by atoms with E-state index < -0.39 is 6.10 Å². The lowest BCUT2D eigenvalue weighted by Gasteiger charge is -2.18. The van der Waals surface area contributed by atoms with Crippen LogP contribution in [0, 0.1) is 0 Å². The first-order valence-electron chi connectivity index (χ1n) is 5.89. The van der Waals surface area contributed by atoms with Crippen LogP contribution >= 0.6 is 0 Å². The van der Waals surface area contributed by atoms with Crippen LogP contribution in [0.25, 0.3) is 0 Å². The predicted octanol–water partition coefficient (Wildman–Crippen LogP) is 1.50. The van der Waals surface area contributed by atoms with Gasteiger partial charge in [0.25, 0.3) is 0 Å². The van der Waals surface area contributed by atoms with Crippen molar-refractivity contribution in [3.63, 3.8) is 0 Å². The summed E-state index contributed by atoms with van der Waals surface area (Å²) in [7, 11) is 3.91. The number of aliphatic hydroxyl groups is 1. The average molecular weight is 246 g/mol. The molecule has 2 heterocycles. The second kappa shape index (κ2) is 5.18. The molecule has 2 aromatic rings. The molecule has 0 aromatic carbocycles. The van der Waals surface area contributed by atoms with Crippen molar-refractivity contribution in [2.45, 2.75) is 19.6 Å². The summed E-state index contributed by atoms with van der Waals surface area (Å²) in [6.45, 7) is 2.49. The van der Waals surface area contributed by atoms with Crippen LogP contribution in [0.1, 0.15) is 24.3 Å². The minimum atomic E-state index is -0.525. The van der Waals surface area contributed by atoms with Crippen molar-refractivity contribution < 1.29 is 5.11 Å². The smallest absolute Gasteiger partial charge is 0.0931 e. The summed E-state index contributed by atoms with van der Waals surface area (Å²) in [6.07, 6.45) is 5.10. The molecule has 0 aliphatic heterocycles. The Labute approximate surface area is 107 Å². The number of aryl methyl sites for hydroxylation is 1. The molecule has 0 spiro atoms. The molecule has 2 rings (SSSR count). The van der Waals surface area contributed by atoms with Crippen molar-refractivity contribution in [1.29, 1.82) is 0 Å². The van der Waals surface area contributed by atoms with Gasteiger partial charge in [0.2, 0.25) is 0 Å². The Balaban J connectivity index is 2.06. The molecule has 0 aliphatic rings. The Morgan fingerprint density at radius 1 is 1.39 bits per heavy atom. The molecule has 96 valence electrons. The quantitative estimate of drug-likeness (QED) is 0.888. The fourth-order valence-corrected chi connectivity index (χ4v) is 1.79. The Kier molecular flexibility index (Phi) is 3.62. The first kappa shape index (κ1) is 12.6. The Hall–Kier alpha value is -1.88. The van der Waals surface area contributed by atoms with Crippen LogP contribution in [-0.4, -0.2) is 26.9 Å². The third-order valence-electron chi connectivity index (χ3n) is 2.82. The number of hydrogen-bond donors (Lipinski definition) is 1. The van der Waals surface area contributed by atoms with E-state index >= 15 is 0 Å². The topological polar surface area (TPSA) is 54.2 Å². The third kappa shape index (κ3) is 2.87. The lowest BCUT2D eigenvalue weighted by atomic mass is 10.2. The lowest BCUT2D eigenvalue weighted by Crippen LogP contribution is -2.16. The average Bonchev–Trinajstić information content (AvgIpc) is 2.75. The zero-order valence-electron chi connectivity index (χ0n) is 10.9. The van der Waals surface area contributed by atoms with E-state index in [0.29, 0.717) is 5.69 Å². The molecular formula is C13H18N4O. The maximum atomic E-state index is 9.40. The zero-order chi connectivity index (χ0) is 13.1. The number of aromatic nitrogens is 3. The predicted molar refractivity (Wildman–Crippen MR) is 70.2 cm³/mol. The number of nitrogens with zero attached hydrogens (tertiary/aromatic N) is 4. The van der Waals surface area contributed by atoms with Crippen molar-refractivity contribution in [1.82, 2.24) is 14.8 Å². The molecule has 0 fully saturated rings. The van der Waals surface area contributed by atoms with Crippen LogP contribution < -0.4 is 4.90 Å². The van der Waals surface area contributed by atoms with E-state index in [4.69, 9.17) is 0 Å². The molecule has 18 heavy (non-hydrogen) atoms. The highest BCUT2D eigenvalue weighted by Crippen LogP contribution is 2.16. The second-order valence-corrected chi connectivity index (χ2v) is 4.50. The summed E-state index contributed by atoms with van der Waals surface area (Å²) in [4.78, 5) is 6.33. The van der Waals surface area contributed by atoms with Gasteiger partial charge in [0.1, 0.15) is 0 Å². The van der Waals surface area contributed by atoms with Gasteiger partial charge in [-0.3, -0.25) is 9.67 Å². The van der Waals surface area contributed by atoms with Gasteiger partial charge in [-0.05, 0) is 19.1 Å².